The van der Waals surface area contributed by atoms with E-state index in [1.165, 1.54) is 0 Å². The average molecular weight is 357 g/mol. The van der Waals surface area contributed by atoms with Crippen LogP contribution in [0.25, 0.3) is 0 Å². The van der Waals surface area contributed by atoms with E-state index in [4.69, 9.17) is 9.47 Å². The standard InChI is InChI=1S/C18H19N3O3S/c22-18(24-13-10-20-8-11-23-12-9-20)21-14-4-1-2-5-15(14)25-16-6-3-7-19-17(16)21/h1-7H,8-13H2. The largest absolute Gasteiger partial charge is 0.448 e. The van der Waals surface area contributed by atoms with E-state index < -0.39 is 0 Å². The van der Waals surface area contributed by atoms with Crippen molar-refractivity contribution in [2.45, 2.75) is 9.79 Å². The van der Waals surface area contributed by atoms with Crippen molar-refractivity contribution in [2.75, 3.05) is 44.4 Å². The van der Waals surface area contributed by atoms with Gasteiger partial charge in [0.15, 0.2) is 5.82 Å². The summed E-state index contributed by atoms with van der Waals surface area (Å²) in [7, 11) is 0. The van der Waals surface area contributed by atoms with Gasteiger partial charge in [0.05, 0.1) is 23.8 Å². The highest BCUT2D eigenvalue weighted by molar-refractivity contribution is 7.99. The van der Waals surface area contributed by atoms with Crippen molar-refractivity contribution >= 4 is 29.4 Å². The fourth-order valence-corrected chi connectivity index (χ4v) is 3.96. The first-order chi connectivity index (χ1) is 12.3. The molecule has 1 aromatic carbocycles. The van der Waals surface area contributed by atoms with Crippen molar-refractivity contribution in [3.63, 3.8) is 0 Å². The van der Waals surface area contributed by atoms with E-state index >= 15 is 0 Å². The fourth-order valence-electron chi connectivity index (χ4n) is 2.93. The van der Waals surface area contributed by atoms with Crippen LogP contribution in [0.4, 0.5) is 16.3 Å². The number of amides is 1. The Bertz CT molecular complexity index is 719. The number of rotatable bonds is 3. The Hall–Kier alpha value is -2.09. The van der Waals surface area contributed by atoms with Crippen molar-refractivity contribution < 1.29 is 14.3 Å². The quantitative estimate of drug-likeness (QED) is 0.841. The molecule has 1 aromatic heterocycles. The maximum absolute atomic E-state index is 12.8. The number of carbonyl (C=O) groups is 1. The summed E-state index contributed by atoms with van der Waals surface area (Å²) in [5, 5.41) is 0. The number of para-hydroxylation sites is 1. The summed E-state index contributed by atoms with van der Waals surface area (Å²) in [6, 6.07) is 11.7. The number of benzene rings is 1. The minimum Gasteiger partial charge on any atom is -0.448 e. The van der Waals surface area contributed by atoms with Crippen LogP contribution in [0.1, 0.15) is 0 Å². The Morgan fingerprint density at radius 2 is 1.96 bits per heavy atom. The summed E-state index contributed by atoms with van der Waals surface area (Å²) in [6.07, 6.45) is 1.31. The predicted molar refractivity (Wildman–Crippen MR) is 95.5 cm³/mol. The average Bonchev–Trinajstić information content (AvgIpc) is 2.66. The molecule has 1 amide bonds. The van der Waals surface area contributed by atoms with Crippen LogP contribution in [0.3, 0.4) is 0 Å². The molecule has 2 aliphatic heterocycles. The van der Waals surface area contributed by atoms with Crippen LogP contribution in [0, 0.1) is 0 Å². The number of morpholine rings is 1. The van der Waals surface area contributed by atoms with Gasteiger partial charge in [-0.05, 0) is 24.3 Å². The molecule has 0 aliphatic carbocycles. The first-order valence-electron chi connectivity index (χ1n) is 8.32. The van der Waals surface area contributed by atoms with E-state index in [0.717, 1.165) is 41.8 Å². The first kappa shape index (κ1) is 16.4. The highest BCUT2D eigenvalue weighted by atomic mass is 32.2. The number of hydrogen-bond donors (Lipinski definition) is 0. The third-order valence-electron chi connectivity index (χ3n) is 4.21. The molecule has 0 bridgehead atoms. The molecular weight excluding hydrogens is 338 g/mol. The van der Waals surface area contributed by atoms with Crippen LogP contribution >= 0.6 is 11.8 Å². The summed E-state index contributed by atoms with van der Waals surface area (Å²) in [5.41, 5.74) is 0.815. The Morgan fingerprint density at radius 3 is 2.84 bits per heavy atom. The van der Waals surface area contributed by atoms with Crippen molar-refractivity contribution in [1.29, 1.82) is 0 Å². The predicted octanol–water partition coefficient (Wildman–Crippen LogP) is 3.15. The lowest BCUT2D eigenvalue weighted by molar-refractivity contribution is 0.0287. The van der Waals surface area contributed by atoms with E-state index in [2.05, 4.69) is 9.88 Å². The third-order valence-corrected chi connectivity index (χ3v) is 5.31. The summed E-state index contributed by atoms with van der Waals surface area (Å²) >= 11 is 1.62. The van der Waals surface area contributed by atoms with Gasteiger partial charge in [-0.3, -0.25) is 4.90 Å². The minimum absolute atomic E-state index is 0.354. The molecule has 130 valence electrons. The fraction of sp³-hybridized carbons (Fsp3) is 0.333. The number of pyridine rings is 1. The smallest absolute Gasteiger partial charge is 0.420 e. The van der Waals surface area contributed by atoms with Crippen LogP contribution in [0.15, 0.2) is 52.4 Å². The Kier molecular flexibility index (Phi) is 4.87. The molecule has 3 heterocycles. The molecule has 0 unspecified atom stereocenters. The van der Waals surface area contributed by atoms with Crippen LogP contribution in [0.5, 0.6) is 0 Å². The van der Waals surface area contributed by atoms with Crippen LogP contribution in [-0.4, -0.2) is 55.4 Å². The van der Waals surface area contributed by atoms with Gasteiger partial charge in [-0.15, -0.1) is 0 Å². The highest BCUT2D eigenvalue weighted by Gasteiger charge is 2.30. The van der Waals surface area contributed by atoms with Crippen molar-refractivity contribution in [3.05, 3.63) is 42.6 Å². The molecule has 0 radical (unpaired) electrons. The second-order valence-corrected chi connectivity index (χ2v) is 6.88. The number of nitrogens with zero attached hydrogens (tertiary/aromatic N) is 3. The van der Waals surface area contributed by atoms with Gasteiger partial charge in [0, 0.05) is 30.7 Å². The Labute approximate surface area is 150 Å². The van der Waals surface area contributed by atoms with Crippen LogP contribution in [0.2, 0.25) is 0 Å². The Morgan fingerprint density at radius 1 is 1.16 bits per heavy atom. The molecule has 2 aromatic rings. The lowest BCUT2D eigenvalue weighted by Gasteiger charge is -2.30. The van der Waals surface area contributed by atoms with E-state index in [1.54, 1.807) is 22.9 Å². The molecule has 7 heteroatoms. The molecular formula is C18H19N3O3S. The van der Waals surface area contributed by atoms with Gasteiger partial charge in [-0.25, -0.2) is 14.7 Å². The molecule has 1 fully saturated rings. The van der Waals surface area contributed by atoms with Crippen LogP contribution in [-0.2, 0) is 9.47 Å². The van der Waals surface area contributed by atoms with Gasteiger partial charge >= 0.3 is 6.09 Å². The summed E-state index contributed by atoms with van der Waals surface area (Å²) in [4.78, 5) is 23.0. The number of ether oxygens (including phenoxy) is 2. The van der Waals surface area contributed by atoms with Gasteiger partial charge in [-0.2, -0.15) is 0 Å². The zero-order valence-electron chi connectivity index (χ0n) is 13.8. The second-order valence-electron chi connectivity index (χ2n) is 5.80. The molecule has 1 saturated heterocycles. The van der Waals surface area contributed by atoms with Gasteiger partial charge in [0.2, 0.25) is 0 Å². The normalized spacial score (nSPS) is 16.9. The molecule has 6 nitrogen and oxygen atoms in total. The zero-order chi connectivity index (χ0) is 17.1. The summed E-state index contributed by atoms with van der Waals surface area (Å²) < 4.78 is 10.9. The second kappa shape index (κ2) is 7.43. The monoisotopic (exact) mass is 357 g/mol. The molecule has 0 N–H and O–H groups in total. The lowest BCUT2D eigenvalue weighted by atomic mass is 10.2. The third kappa shape index (κ3) is 3.49. The molecule has 4 rings (SSSR count). The van der Waals surface area contributed by atoms with Gasteiger partial charge < -0.3 is 9.47 Å². The maximum atomic E-state index is 12.8. The van der Waals surface area contributed by atoms with Crippen molar-refractivity contribution in [1.82, 2.24) is 9.88 Å². The molecule has 0 saturated carbocycles. The number of fused-ring (bicyclic) bond motifs is 2. The summed E-state index contributed by atoms with van der Waals surface area (Å²) in [5.74, 6) is 0.627. The molecule has 2 aliphatic rings. The van der Waals surface area contributed by atoms with E-state index in [-0.39, 0.29) is 6.09 Å². The van der Waals surface area contributed by atoms with Crippen LogP contribution < -0.4 is 4.90 Å². The summed E-state index contributed by atoms with van der Waals surface area (Å²) in [6.45, 7) is 4.31. The number of anilines is 2. The van der Waals surface area contributed by atoms with Crippen molar-refractivity contribution in [2.24, 2.45) is 0 Å². The Balaban J connectivity index is 1.49. The maximum Gasteiger partial charge on any atom is 0.420 e. The van der Waals surface area contributed by atoms with E-state index in [9.17, 15) is 4.79 Å². The van der Waals surface area contributed by atoms with Gasteiger partial charge in [-0.1, -0.05) is 23.9 Å². The number of carbonyl (C=O) groups excluding carboxylic acids is 1. The SMILES string of the molecule is O=C(OCCN1CCOCC1)N1c2ccccc2Sc2cccnc21. The van der Waals surface area contributed by atoms with Crippen molar-refractivity contribution in [3.8, 4) is 0 Å². The zero-order valence-corrected chi connectivity index (χ0v) is 14.6. The van der Waals surface area contributed by atoms with Gasteiger partial charge in [0.1, 0.15) is 6.61 Å². The van der Waals surface area contributed by atoms with E-state index in [1.807, 2.05) is 36.4 Å². The minimum atomic E-state index is -0.388. The molecule has 0 spiro atoms. The van der Waals surface area contributed by atoms with Gasteiger partial charge in [0.25, 0.3) is 0 Å². The number of aromatic nitrogens is 1. The topological polar surface area (TPSA) is 54.9 Å². The molecule has 0 atom stereocenters. The molecule has 25 heavy (non-hydrogen) atoms. The first-order valence-corrected chi connectivity index (χ1v) is 9.13. The highest BCUT2D eigenvalue weighted by Crippen LogP contribution is 2.46. The number of hydrogen-bond acceptors (Lipinski definition) is 6. The van der Waals surface area contributed by atoms with E-state index in [0.29, 0.717) is 19.0 Å². The lowest BCUT2D eigenvalue weighted by Crippen LogP contribution is -2.39.